The molecule has 0 aliphatic carbocycles. The fraction of sp³-hybridized carbons (Fsp3) is 0.227. The van der Waals surface area contributed by atoms with Crippen molar-refractivity contribution in [3.05, 3.63) is 62.8 Å². The molecule has 1 aliphatic heterocycles. The van der Waals surface area contributed by atoms with Crippen LogP contribution in [-0.4, -0.2) is 31.1 Å². The topological polar surface area (TPSA) is 92.8 Å². The molecule has 0 bridgehead atoms. The number of halogens is 1. The van der Waals surface area contributed by atoms with Crippen molar-refractivity contribution in [1.82, 2.24) is 10.3 Å². The fourth-order valence-electron chi connectivity index (χ4n) is 3.32. The Morgan fingerprint density at radius 2 is 1.97 bits per heavy atom. The van der Waals surface area contributed by atoms with Crippen LogP contribution in [0.1, 0.15) is 33.1 Å². The van der Waals surface area contributed by atoms with Crippen LogP contribution in [0.4, 0.5) is 16.3 Å². The lowest BCUT2D eigenvalue weighted by Gasteiger charge is -2.26. The molecule has 1 atom stereocenters. The summed E-state index contributed by atoms with van der Waals surface area (Å²) < 4.78 is 10.4. The van der Waals surface area contributed by atoms with E-state index in [0.717, 1.165) is 10.4 Å². The smallest absolute Gasteiger partial charge is 0.327 e. The summed E-state index contributed by atoms with van der Waals surface area (Å²) in [5, 5.41) is 6.46. The Kier molecular flexibility index (Phi) is 6.20. The molecule has 1 aliphatic rings. The van der Waals surface area contributed by atoms with Crippen LogP contribution in [0.3, 0.4) is 0 Å². The molecule has 3 heterocycles. The van der Waals surface area contributed by atoms with Crippen LogP contribution in [-0.2, 0) is 6.54 Å². The molecule has 8 nitrogen and oxygen atoms in total. The number of carbonyl (C=O) groups excluding carboxylic acids is 2. The summed E-state index contributed by atoms with van der Waals surface area (Å²) in [5.41, 5.74) is 1.57. The number of fused-ring (bicyclic) bond motifs is 1. The summed E-state index contributed by atoms with van der Waals surface area (Å²) in [6, 6.07) is 11.9. The van der Waals surface area contributed by atoms with Crippen LogP contribution >= 0.6 is 22.9 Å². The maximum absolute atomic E-state index is 12.8. The second-order valence-corrected chi connectivity index (χ2v) is 8.66. The van der Waals surface area contributed by atoms with E-state index in [2.05, 4.69) is 15.6 Å². The van der Waals surface area contributed by atoms with Crippen molar-refractivity contribution in [2.24, 2.45) is 0 Å². The van der Waals surface area contributed by atoms with Gasteiger partial charge in [0.25, 0.3) is 11.8 Å². The summed E-state index contributed by atoms with van der Waals surface area (Å²) in [4.78, 5) is 32.7. The third-order valence-electron chi connectivity index (χ3n) is 5.04. The number of urea groups is 1. The minimum absolute atomic E-state index is 0.194. The standard InChI is InChI=1S/C22H21ClN4O4S/c1-12(13-4-6-14(23)7-5-13)24-20(28)17-10-15-18(32-17)11-27(22(29)25-15)19-9-8-16(30-2)21(26-19)31-3/h4-10,12H,11H2,1-3H3,(H,24,28)(H,25,29). The van der Waals surface area contributed by atoms with Crippen LogP contribution in [0.25, 0.3) is 0 Å². The first-order valence-electron chi connectivity index (χ1n) is 9.76. The molecule has 0 saturated carbocycles. The van der Waals surface area contributed by atoms with E-state index in [-0.39, 0.29) is 30.4 Å². The highest BCUT2D eigenvalue weighted by atomic mass is 35.5. The van der Waals surface area contributed by atoms with Crippen LogP contribution < -0.4 is 25.0 Å². The Morgan fingerprint density at radius 1 is 1.22 bits per heavy atom. The predicted octanol–water partition coefficient (Wildman–Crippen LogP) is 4.86. The number of ether oxygens (including phenoxy) is 2. The minimum atomic E-state index is -0.337. The number of rotatable bonds is 6. The first-order valence-corrected chi connectivity index (χ1v) is 11.0. The average Bonchev–Trinajstić information content (AvgIpc) is 3.21. The summed E-state index contributed by atoms with van der Waals surface area (Å²) in [6.07, 6.45) is 0. The van der Waals surface area contributed by atoms with Gasteiger partial charge in [-0.2, -0.15) is 4.98 Å². The highest BCUT2D eigenvalue weighted by Gasteiger charge is 2.29. The number of hydrogen-bond donors (Lipinski definition) is 2. The van der Waals surface area contributed by atoms with Crippen molar-refractivity contribution in [2.45, 2.75) is 19.5 Å². The molecule has 2 aromatic heterocycles. The van der Waals surface area contributed by atoms with Crippen molar-refractivity contribution in [2.75, 3.05) is 24.4 Å². The zero-order valence-corrected chi connectivity index (χ0v) is 19.2. The number of methoxy groups -OCH3 is 2. The molecule has 32 heavy (non-hydrogen) atoms. The van der Waals surface area contributed by atoms with E-state index in [0.29, 0.717) is 27.2 Å². The zero-order chi connectivity index (χ0) is 22.8. The zero-order valence-electron chi connectivity index (χ0n) is 17.6. The molecule has 0 fully saturated rings. The molecule has 166 valence electrons. The van der Waals surface area contributed by atoms with Gasteiger partial charge in [-0.3, -0.25) is 9.69 Å². The second kappa shape index (κ2) is 9.05. The van der Waals surface area contributed by atoms with Crippen molar-refractivity contribution >= 4 is 46.4 Å². The van der Waals surface area contributed by atoms with Gasteiger partial charge in [-0.15, -0.1) is 11.3 Å². The Hall–Kier alpha value is -3.30. The lowest BCUT2D eigenvalue weighted by Crippen LogP contribution is -2.38. The number of hydrogen-bond acceptors (Lipinski definition) is 6. The molecule has 0 saturated heterocycles. The van der Waals surface area contributed by atoms with Crippen molar-refractivity contribution in [3.8, 4) is 11.6 Å². The maximum atomic E-state index is 12.8. The first kappa shape index (κ1) is 21.9. The van der Waals surface area contributed by atoms with E-state index in [1.54, 1.807) is 30.3 Å². The van der Waals surface area contributed by atoms with E-state index in [9.17, 15) is 9.59 Å². The van der Waals surface area contributed by atoms with E-state index in [1.807, 2.05) is 19.1 Å². The monoisotopic (exact) mass is 472 g/mol. The molecular formula is C22H21ClN4O4S. The first-order chi connectivity index (χ1) is 15.4. The number of thiophene rings is 1. The third-order valence-corrected chi connectivity index (χ3v) is 6.41. The fourth-order valence-corrected chi connectivity index (χ4v) is 4.45. The Balaban J connectivity index is 1.51. The molecule has 0 radical (unpaired) electrons. The van der Waals surface area contributed by atoms with Crippen molar-refractivity contribution < 1.29 is 19.1 Å². The van der Waals surface area contributed by atoms with Gasteiger partial charge in [0.2, 0.25) is 0 Å². The SMILES string of the molecule is COc1ccc(N2Cc3sc(C(=O)NC(C)c4ccc(Cl)cc4)cc3NC2=O)nc1OC. The Labute approximate surface area is 194 Å². The lowest BCUT2D eigenvalue weighted by atomic mass is 10.1. The summed E-state index contributed by atoms with van der Waals surface area (Å²) in [7, 11) is 3.00. The van der Waals surface area contributed by atoms with Crippen LogP contribution in [0, 0.1) is 0 Å². The number of aromatic nitrogens is 1. The van der Waals surface area contributed by atoms with Gasteiger partial charge < -0.3 is 20.1 Å². The molecule has 1 aromatic carbocycles. The van der Waals surface area contributed by atoms with Crippen molar-refractivity contribution in [1.29, 1.82) is 0 Å². The second-order valence-electron chi connectivity index (χ2n) is 7.09. The number of anilines is 2. The normalized spacial score (nSPS) is 13.8. The van der Waals surface area contributed by atoms with Gasteiger partial charge in [0, 0.05) is 9.90 Å². The molecule has 4 rings (SSSR count). The van der Waals surface area contributed by atoms with Gasteiger partial charge in [0.05, 0.1) is 37.4 Å². The number of pyridine rings is 1. The third kappa shape index (κ3) is 4.35. The molecule has 2 N–H and O–H groups in total. The van der Waals surface area contributed by atoms with Gasteiger partial charge in [-0.25, -0.2) is 4.79 Å². The Bertz CT molecular complexity index is 1170. The van der Waals surface area contributed by atoms with Crippen LogP contribution in [0.5, 0.6) is 11.6 Å². The summed E-state index contributed by atoms with van der Waals surface area (Å²) in [5.74, 6) is 0.962. The van der Waals surface area contributed by atoms with Gasteiger partial charge in [-0.05, 0) is 42.8 Å². The van der Waals surface area contributed by atoms with E-state index in [4.69, 9.17) is 21.1 Å². The number of nitrogens with one attached hydrogen (secondary N) is 2. The minimum Gasteiger partial charge on any atom is -0.491 e. The summed E-state index contributed by atoms with van der Waals surface area (Å²) in [6.45, 7) is 2.19. The highest BCUT2D eigenvalue weighted by Crippen LogP contribution is 2.35. The molecule has 10 heteroatoms. The Morgan fingerprint density at radius 3 is 2.66 bits per heavy atom. The summed E-state index contributed by atoms with van der Waals surface area (Å²) >= 11 is 7.26. The van der Waals surface area contributed by atoms with Gasteiger partial charge in [-0.1, -0.05) is 23.7 Å². The molecule has 3 amide bonds. The predicted molar refractivity (Wildman–Crippen MR) is 124 cm³/mol. The largest absolute Gasteiger partial charge is 0.491 e. The quantitative estimate of drug-likeness (QED) is 0.534. The van der Waals surface area contributed by atoms with Gasteiger partial charge in [0.15, 0.2) is 5.75 Å². The number of nitrogens with zero attached hydrogens (tertiary/aromatic N) is 2. The average molecular weight is 473 g/mol. The van der Waals surface area contributed by atoms with Gasteiger partial charge in [0.1, 0.15) is 5.82 Å². The molecule has 0 spiro atoms. The highest BCUT2D eigenvalue weighted by molar-refractivity contribution is 7.14. The van der Waals surface area contributed by atoms with Crippen LogP contribution in [0.2, 0.25) is 5.02 Å². The number of amides is 3. The maximum Gasteiger partial charge on any atom is 0.327 e. The molecule has 1 unspecified atom stereocenters. The van der Waals surface area contributed by atoms with Crippen LogP contribution in [0.15, 0.2) is 42.5 Å². The number of carbonyl (C=O) groups is 2. The van der Waals surface area contributed by atoms with Crippen molar-refractivity contribution in [3.63, 3.8) is 0 Å². The van der Waals surface area contributed by atoms with E-state index < -0.39 is 0 Å². The lowest BCUT2D eigenvalue weighted by molar-refractivity contribution is 0.0944. The van der Waals surface area contributed by atoms with E-state index in [1.165, 1.54) is 30.5 Å². The molecule has 3 aromatic rings. The van der Waals surface area contributed by atoms with E-state index >= 15 is 0 Å². The number of benzene rings is 1. The van der Waals surface area contributed by atoms with Gasteiger partial charge >= 0.3 is 6.03 Å². The molecular weight excluding hydrogens is 452 g/mol.